The van der Waals surface area contributed by atoms with E-state index < -0.39 is 16.1 Å². The predicted octanol–water partition coefficient (Wildman–Crippen LogP) is 2.83. The van der Waals surface area contributed by atoms with Crippen molar-refractivity contribution in [3.8, 4) is 0 Å². The van der Waals surface area contributed by atoms with Gasteiger partial charge < -0.3 is 19.8 Å². The molecule has 2 aromatic rings. The number of hydrogen-bond donors (Lipinski definition) is 1. The molecule has 9 nitrogen and oxygen atoms in total. The number of sulfonamides is 1. The lowest BCUT2D eigenvalue weighted by atomic mass is 10.0. The van der Waals surface area contributed by atoms with Crippen LogP contribution in [0.15, 0.2) is 58.6 Å². The minimum absolute atomic E-state index is 0.181. The Bertz CT molecular complexity index is 1190. The van der Waals surface area contributed by atoms with E-state index in [1.807, 2.05) is 30.3 Å². The third kappa shape index (κ3) is 5.19. The monoisotopic (exact) mass is 498 g/mol. The van der Waals surface area contributed by atoms with E-state index in [0.717, 1.165) is 30.5 Å². The molecule has 0 radical (unpaired) electrons. The Kier molecular flexibility index (Phi) is 7.03. The summed E-state index contributed by atoms with van der Waals surface area (Å²) in [6.45, 7) is 3.49. The Labute approximate surface area is 205 Å². The summed E-state index contributed by atoms with van der Waals surface area (Å²) in [5.41, 5.74) is 2.83. The van der Waals surface area contributed by atoms with Crippen LogP contribution in [0, 0.1) is 0 Å². The molecule has 1 amide bonds. The minimum Gasteiger partial charge on any atom is -0.382 e. The fourth-order valence-corrected chi connectivity index (χ4v) is 6.19. The van der Waals surface area contributed by atoms with E-state index in [-0.39, 0.29) is 10.8 Å². The van der Waals surface area contributed by atoms with Crippen molar-refractivity contribution >= 4 is 33.0 Å². The van der Waals surface area contributed by atoms with Gasteiger partial charge in [-0.05, 0) is 36.6 Å². The van der Waals surface area contributed by atoms with Gasteiger partial charge in [-0.3, -0.25) is 4.79 Å². The van der Waals surface area contributed by atoms with Gasteiger partial charge in [-0.2, -0.15) is 4.31 Å². The number of morpholine rings is 1. The predicted molar refractivity (Wildman–Crippen MR) is 133 cm³/mol. The lowest BCUT2D eigenvalue weighted by molar-refractivity contribution is -0.125. The number of ether oxygens (including phenoxy) is 1. The normalized spacial score (nSPS) is 21.3. The fourth-order valence-electron chi connectivity index (χ4n) is 4.64. The van der Waals surface area contributed by atoms with Crippen molar-refractivity contribution in [3.63, 3.8) is 0 Å². The standard InChI is InChI=1S/C25H30N4O5S/c30-25(24-18-21(27-34-24)19-7-3-1-4-8-19)26-22-17-20(35(31,32)29-11-5-2-6-12-29)9-10-23(22)28-13-15-33-16-14-28/h1,3-4,7-10,17,24H,2,5-6,11-16,18H2,(H,26,30). The van der Waals surface area contributed by atoms with Crippen LogP contribution >= 0.6 is 0 Å². The Morgan fingerprint density at radius 3 is 2.46 bits per heavy atom. The van der Waals surface area contributed by atoms with Gasteiger partial charge in [0.05, 0.1) is 35.2 Å². The largest absolute Gasteiger partial charge is 0.382 e. The minimum atomic E-state index is -3.65. The van der Waals surface area contributed by atoms with Crippen LogP contribution in [0.4, 0.5) is 11.4 Å². The number of carbonyl (C=O) groups excluding carboxylic acids is 1. The summed E-state index contributed by atoms with van der Waals surface area (Å²) in [7, 11) is -3.65. The van der Waals surface area contributed by atoms with Crippen LogP contribution in [-0.2, 0) is 24.4 Å². The number of anilines is 2. The summed E-state index contributed by atoms with van der Waals surface area (Å²) >= 11 is 0. The second-order valence-corrected chi connectivity index (χ2v) is 10.9. The van der Waals surface area contributed by atoms with Crippen LogP contribution in [0.5, 0.6) is 0 Å². The molecule has 0 aliphatic carbocycles. The zero-order valence-corrected chi connectivity index (χ0v) is 20.4. The summed E-state index contributed by atoms with van der Waals surface area (Å²) in [6.07, 6.45) is 2.31. The maximum absolute atomic E-state index is 13.3. The molecule has 3 heterocycles. The van der Waals surface area contributed by atoms with E-state index >= 15 is 0 Å². The maximum atomic E-state index is 13.3. The topological polar surface area (TPSA) is 101 Å². The van der Waals surface area contributed by atoms with Gasteiger partial charge in [0.1, 0.15) is 0 Å². The highest BCUT2D eigenvalue weighted by molar-refractivity contribution is 7.89. The van der Waals surface area contributed by atoms with Crippen LogP contribution in [-0.4, -0.2) is 69.8 Å². The molecule has 2 fully saturated rings. The number of carbonyl (C=O) groups is 1. The number of nitrogens with one attached hydrogen (secondary N) is 1. The molecular weight excluding hydrogens is 468 g/mol. The van der Waals surface area contributed by atoms with Crippen LogP contribution in [0.25, 0.3) is 0 Å². The first-order valence-electron chi connectivity index (χ1n) is 12.1. The number of nitrogens with zero attached hydrogens (tertiary/aromatic N) is 3. The summed E-state index contributed by atoms with van der Waals surface area (Å²) in [5, 5.41) is 7.04. The molecule has 1 N–H and O–H groups in total. The molecule has 186 valence electrons. The molecule has 0 spiro atoms. The molecule has 0 aromatic heterocycles. The summed E-state index contributed by atoms with van der Waals surface area (Å²) in [6, 6.07) is 14.6. The number of amides is 1. The highest BCUT2D eigenvalue weighted by Crippen LogP contribution is 2.32. The van der Waals surface area contributed by atoms with E-state index in [1.54, 1.807) is 18.2 Å². The highest BCUT2D eigenvalue weighted by Gasteiger charge is 2.31. The van der Waals surface area contributed by atoms with Gasteiger partial charge in [0.15, 0.2) is 0 Å². The second-order valence-electron chi connectivity index (χ2n) is 8.93. The van der Waals surface area contributed by atoms with E-state index in [0.29, 0.717) is 57.2 Å². The molecule has 0 saturated carbocycles. The quantitative estimate of drug-likeness (QED) is 0.657. The molecule has 0 bridgehead atoms. The van der Waals surface area contributed by atoms with Gasteiger partial charge in [0, 0.05) is 32.6 Å². The number of rotatable bonds is 6. The van der Waals surface area contributed by atoms with Crippen molar-refractivity contribution in [1.82, 2.24) is 4.31 Å². The van der Waals surface area contributed by atoms with Crippen molar-refractivity contribution in [1.29, 1.82) is 0 Å². The first-order valence-corrected chi connectivity index (χ1v) is 13.5. The van der Waals surface area contributed by atoms with Crippen molar-refractivity contribution in [2.75, 3.05) is 49.6 Å². The molecule has 2 saturated heterocycles. The van der Waals surface area contributed by atoms with Crippen molar-refractivity contribution in [2.45, 2.75) is 36.7 Å². The third-order valence-electron chi connectivity index (χ3n) is 6.60. The average molecular weight is 499 g/mol. The molecule has 2 aromatic carbocycles. The number of piperidine rings is 1. The van der Waals surface area contributed by atoms with Crippen molar-refractivity contribution in [3.05, 3.63) is 54.1 Å². The van der Waals surface area contributed by atoms with E-state index in [2.05, 4.69) is 15.4 Å². The third-order valence-corrected chi connectivity index (χ3v) is 8.49. The van der Waals surface area contributed by atoms with Crippen LogP contribution in [0.1, 0.15) is 31.2 Å². The Morgan fingerprint density at radius 1 is 0.971 bits per heavy atom. The van der Waals surface area contributed by atoms with Gasteiger partial charge in [-0.15, -0.1) is 0 Å². The lowest BCUT2D eigenvalue weighted by Crippen LogP contribution is -2.38. The van der Waals surface area contributed by atoms with Gasteiger partial charge in [0.25, 0.3) is 5.91 Å². The number of oxime groups is 1. The zero-order valence-electron chi connectivity index (χ0n) is 19.6. The van der Waals surface area contributed by atoms with Crippen molar-refractivity contribution < 1.29 is 22.8 Å². The molecule has 10 heteroatoms. The molecule has 3 aliphatic heterocycles. The SMILES string of the molecule is O=C(Nc1cc(S(=O)(=O)N2CCCCC2)ccc1N1CCOCC1)C1CC(c2ccccc2)=NO1. The van der Waals surface area contributed by atoms with E-state index in [9.17, 15) is 13.2 Å². The lowest BCUT2D eigenvalue weighted by Gasteiger charge is -2.31. The summed E-state index contributed by atoms with van der Waals surface area (Å²) < 4.78 is 33.6. The van der Waals surface area contributed by atoms with Crippen LogP contribution in [0.2, 0.25) is 0 Å². The highest BCUT2D eigenvalue weighted by atomic mass is 32.2. The van der Waals surface area contributed by atoms with Gasteiger partial charge in [-0.25, -0.2) is 8.42 Å². The maximum Gasteiger partial charge on any atom is 0.268 e. The summed E-state index contributed by atoms with van der Waals surface area (Å²) in [4.78, 5) is 20.9. The van der Waals surface area contributed by atoms with Crippen LogP contribution in [0.3, 0.4) is 0 Å². The Morgan fingerprint density at radius 2 is 1.71 bits per heavy atom. The number of benzene rings is 2. The molecule has 35 heavy (non-hydrogen) atoms. The van der Waals surface area contributed by atoms with E-state index in [1.165, 1.54) is 4.31 Å². The van der Waals surface area contributed by atoms with E-state index in [4.69, 9.17) is 9.57 Å². The van der Waals surface area contributed by atoms with Crippen molar-refractivity contribution in [2.24, 2.45) is 5.16 Å². The first kappa shape index (κ1) is 23.8. The smallest absolute Gasteiger partial charge is 0.268 e. The molecule has 1 unspecified atom stereocenters. The molecule has 5 rings (SSSR count). The Balaban J connectivity index is 1.38. The zero-order chi connectivity index (χ0) is 24.3. The first-order chi connectivity index (χ1) is 17.0. The van der Waals surface area contributed by atoms with Gasteiger partial charge in [0.2, 0.25) is 16.1 Å². The van der Waals surface area contributed by atoms with Gasteiger partial charge >= 0.3 is 0 Å². The second kappa shape index (κ2) is 10.3. The Hall–Kier alpha value is -2.95. The summed E-state index contributed by atoms with van der Waals surface area (Å²) in [5.74, 6) is -0.360. The molecular formula is C25H30N4O5S. The molecule has 1 atom stereocenters. The average Bonchev–Trinajstić information content (AvgIpc) is 3.41. The van der Waals surface area contributed by atoms with Crippen LogP contribution < -0.4 is 10.2 Å². The van der Waals surface area contributed by atoms with Gasteiger partial charge in [-0.1, -0.05) is 41.9 Å². The number of hydrogen-bond acceptors (Lipinski definition) is 7. The fraction of sp³-hybridized carbons (Fsp3) is 0.440. The molecule has 3 aliphatic rings.